The SMILES string of the molecule is CC(C)CC1(CC(C)C)N=CN(Cc2ccc(-n3c(C(C)C)cc(C(C)C)c3-c3nn[nH]n3)cc2)N1. The van der Waals surface area contributed by atoms with Gasteiger partial charge in [-0.25, -0.2) is 5.43 Å². The Morgan fingerprint density at radius 1 is 0.889 bits per heavy atom. The van der Waals surface area contributed by atoms with Gasteiger partial charge in [0.2, 0.25) is 5.82 Å². The summed E-state index contributed by atoms with van der Waals surface area (Å²) in [6.45, 7) is 18.7. The number of nitrogens with one attached hydrogen (secondary N) is 2. The molecule has 0 fully saturated rings. The van der Waals surface area contributed by atoms with Crippen LogP contribution >= 0.6 is 0 Å². The standard InChI is InChI=1S/C28H42N8/c1-18(2)14-28(15-19(3)4)29-17-35(32-28)16-22-9-11-23(12-10-22)36-25(21(7)8)13-24(20(5)6)26(36)27-30-33-34-31-27/h9-13,17-21,32H,14-16H2,1-8H3,(H,30,31,33,34). The van der Waals surface area contributed by atoms with Crippen LogP contribution in [-0.2, 0) is 6.54 Å². The highest BCUT2D eigenvalue weighted by molar-refractivity contribution is 5.63. The van der Waals surface area contributed by atoms with E-state index < -0.39 is 0 Å². The fourth-order valence-corrected chi connectivity index (χ4v) is 5.35. The molecule has 0 bridgehead atoms. The van der Waals surface area contributed by atoms with E-state index in [4.69, 9.17) is 4.99 Å². The number of aliphatic imine (C=N–C) groups is 1. The molecular formula is C28H42N8. The van der Waals surface area contributed by atoms with Gasteiger partial charge in [0, 0.05) is 11.4 Å². The van der Waals surface area contributed by atoms with Crippen LogP contribution in [0.1, 0.15) is 96.9 Å². The van der Waals surface area contributed by atoms with E-state index in [9.17, 15) is 0 Å². The Morgan fingerprint density at radius 3 is 2.08 bits per heavy atom. The zero-order chi connectivity index (χ0) is 26.0. The monoisotopic (exact) mass is 490 g/mol. The van der Waals surface area contributed by atoms with Crippen molar-refractivity contribution in [3.05, 3.63) is 47.2 Å². The van der Waals surface area contributed by atoms with Crippen LogP contribution in [0.5, 0.6) is 0 Å². The topological polar surface area (TPSA) is 87.0 Å². The van der Waals surface area contributed by atoms with Crippen molar-refractivity contribution in [3.8, 4) is 17.2 Å². The molecule has 8 nitrogen and oxygen atoms in total. The molecule has 4 rings (SSSR count). The van der Waals surface area contributed by atoms with E-state index in [2.05, 4.69) is 121 Å². The Hall–Kier alpha value is -3.00. The van der Waals surface area contributed by atoms with Crippen LogP contribution in [0, 0.1) is 11.8 Å². The second-order valence-corrected chi connectivity index (χ2v) is 11.6. The fraction of sp³-hybridized carbons (Fsp3) is 0.571. The molecule has 0 radical (unpaired) electrons. The third-order valence-corrected chi connectivity index (χ3v) is 6.66. The minimum Gasteiger partial charge on any atom is -0.310 e. The normalized spacial score (nSPS) is 15.4. The molecule has 8 heteroatoms. The third kappa shape index (κ3) is 5.53. The lowest BCUT2D eigenvalue weighted by molar-refractivity contribution is 0.160. The van der Waals surface area contributed by atoms with Crippen molar-refractivity contribution < 1.29 is 0 Å². The number of hydrogen-bond acceptors (Lipinski definition) is 6. The zero-order valence-corrected chi connectivity index (χ0v) is 23.1. The van der Waals surface area contributed by atoms with Crippen molar-refractivity contribution in [2.75, 3.05) is 0 Å². The summed E-state index contributed by atoms with van der Waals surface area (Å²) in [5.41, 5.74) is 9.32. The Morgan fingerprint density at radius 2 is 1.56 bits per heavy atom. The third-order valence-electron chi connectivity index (χ3n) is 6.66. The summed E-state index contributed by atoms with van der Waals surface area (Å²) in [5, 5.41) is 17.3. The molecule has 2 N–H and O–H groups in total. The van der Waals surface area contributed by atoms with Crippen molar-refractivity contribution in [1.82, 2.24) is 35.6 Å². The number of benzene rings is 1. The van der Waals surface area contributed by atoms with E-state index >= 15 is 0 Å². The minimum absolute atomic E-state index is 0.202. The lowest BCUT2D eigenvalue weighted by Gasteiger charge is -2.32. The van der Waals surface area contributed by atoms with E-state index in [1.165, 1.54) is 16.8 Å². The van der Waals surface area contributed by atoms with Gasteiger partial charge in [-0.2, -0.15) is 5.21 Å². The van der Waals surface area contributed by atoms with Crippen LogP contribution in [0.25, 0.3) is 17.2 Å². The summed E-state index contributed by atoms with van der Waals surface area (Å²) in [5.74, 6) is 2.47. The first-order valence-corrected chi connectivity index (χ1v) is 13.3. The van der Waals surface area contributed by atoms with Gasteiger partial charge in [-0.3, -0.25) is 10.0 Å². The summed E-state index contributed by atoms with van der Waals surface area (Å²) in [6.07, 6.45) is 4.03. The molecule has 1 aliphatic heterocycles. The predicted molar refractivity (Wildman–Crippen MR) is 146 cm³/mol. The summed E-state index contributed by atoms with van der Waals surface area (Å²) in [6, 6.07) is 11.1. The quantitative estimate of drug-likeness (QED) is 0.362. The maximum Gasteiger partial charge on any atom is 0.221 e. The van der Waals surface area contributed by atoms with E-state index in [0.29, 0.717) is 29.5 Å². The van der Waals surface area contributed by atoms with Crippen molar-refractivity contribution >= 4 is 6.34 Å². The van der Waals surface area contributed by atoms with Crippen molar-refractivity contribution in [1.29, 1.82) is 0 Å². The summed E-state index contributed by atoms with van der Waals surface area (Å²) >= 11 is 0. The van der Waals surface area contributed by atoms with Crippen LogP contribution in [-0.4, -0.2) is 42.2 Å². The summed E-state index contributed by atoms with van der Waals surface area (Å²) in [4.78, 5) is 4.94. The van der Waals surface area contributed by atoms with Gasteiger partial charge in [0.1, 0.15) is 12.0 Å². The average molecular weight is 491 g/mol. The smallest absolute Gasteiger partial charge is 0.221 e. The first kappa shape index (κ1) is 26.1. The van der Waals surface area contributed by atoms with Crippen molar-refractivity contribution in [2.24, 2.45) is 16.8 Å². The molecule has 0 spiro atoms. The number of rotatable bonds is 10. The molecule has 3 aromatic rings. The second-order valence-electron chi connectivity index (χ2n) is 11.6. The van der Waals surface area contributed by atoms with Gasteiger partial charge in [0.05, 0.1) is 12.2 Å². The predicted octanol–water partition coefficient (Wildman–Crippen LogP) is 6.04. The highest BCUT2D eigenvalue weighted by Gasteiger charge is 2.36. The number of aromatic amines is 1. The molecule has 1 aromatic carbocycles. The molecule has 36 heavy (non-hydrogen) atoms. The Balaban J connectivity index is 1.60. The maximum atomic E-state index is 4.94. The highest BCUT2D eigenvalue weighted by Crippen LogP contribution is 2.36. The number of tetrazole rings is 1. The van der Waals surface area contributed by atoms with Gasteiger partial charge < -0.3 is 4.57 Å². The number of H-pyrrole nitrogens is 1. The van der Waals surface area contributed by atoms with Gasteiger partial charge in [0.25, 0.3) is 0 Å². The van der Waals surface area contributed by atoms with E-state index in [-0.39, 0.29) is 5.66 Å². The average Bonchev–Trinajstić information content (AvgIpc) is 3.52. The number of nitrogens with zero attached hydrogens (tertiary/aromatic N) is 6. The second kappa shape index (κ2) is 10.5. The number of aromatic nitrogens is 5. The van der Waals surface area contributed by atoms with E-state index in [0.717, 1.165) is 30.8 Å². The number of hydrazine groups is 1. The lowest BCUT2D eigenvalue weighted by Crippen LogP contribution is -2.48. The van der Waals surface area contributed by atoms with Gasteiger partial charge in [-0.05, 0) is 71.1 Å². The van der Waals surface area contributed by atoms with E-state index in [1.54, 1.807) is 0 Å². The summed E-state index contributed by atoms with van der Waals surface area (Å²) in [7, 11) is 0. The van der Waals surface area contributed by atoms with Crippen LogP contribution in [0.15, 0.2) is 35.3 Å². The maximum absolute atomic E-state index is 4.94. The van der Waals surface area contributed by atoms with Gasteiger partial charge in [0.15, 0.2) is 0 Å². The van der Waals surface area contributed by atoms with Crippen LogP contribution in [0.4, 0.5) is 0 Å². The molecule has 1 aliphatic rings. The Labute approximate surface area is 215 Å². The molecule has 194 valence electrons. The van der Waals surface area contributed by atoms with Gasteiger partial charge in [-0.15, -0.1) is 10.2 Å². The molecule has 0 saturated carbocycles. The van der Waals surface area contributed by atoms with Crippen LogP contribution < -0.4 is 5.43 Å². The van der Waals surface area contributed by atoms with E-state index in [1.807, 2.05) is 6.34 Å². The molecular weight excluding hydrogens is 448 g/mol. The zero-order valence-electron chi connectivity index (χ0n) is 23.1. The highest BCUT2D eigenvalue weighted by atomic mass is 15.6. The molecule has 0 amide bonds. The molecule has 0 saturated heterocycles. The molecule has 0 unspecified atom stereocenters. The largest absolute Gasteiger partial charge is 0.310 e. The van der Waals surface area contributed by atoms with Crippen LogP contribution in [0.2, 0.25) is 0 Å². The number of hydrogen-bond donors (Lipinski definition) is 2. The molecule has 0 atom stereocenters. The Bertz CT molecular complexity index is 1140. The first-order valence-electron chi connectivity index (χ1n) is 13.3. The van der Waals surface area contributed by atoms with Gasteiger partial charge in [-0.1, -0.05) is 67.5 Å². The first-order chi connectivity index (χ1) is 17.1. The molecule has 2 aromatic heterocycles. The van der Waals surface area contributed by atoms with Gasteiger partial charge >= 0.3 is 0 Å². The molecule has 3 heterocycles. The summed E-state index contributed by atoms with van der Waals surface area (Å²) < 4.78 is 2.29. The fourth-order valence-electron chi connectivity index (χ4n) is 5.35. The lowest BCUT2D eigenvalue weighted by atomic mass is 9.90. The Kier molecular flexibility index (Phi) is 7.64. The van der Waals surface area contributed by atoms with Crippen molar-refractivity contribution in [3.63, 3.8) is 0 Å². The minimum atomic E-state index is -0.202. The molecule has 0 aliphatic carbocycles. The van der Waals surface area contributed by atoms with Crippen LogP contribution in [0.3, 0.4) is 0 Å². The van der Waals surface area contributed by atoms with Crippen molar-refractivity contribution in [2.45, 2.75) is 92.3 Å².